The number of rotatable bonds is 6. The predicted molar refractivity (Wildman–Crippen MR) is 111 cm³/mol. The van der Waals surface area contributed by atoms with E-state index in [1.807, 2.05) is 13.0 Å². The Morgan fingerprint density at radius 3 is 2.68 bits per heavy atom. The molecule has 0 aliphatic carbocycles. The van der Waals surface area contributed by atoms with Crippen LogP contribution in [0.15, 0.2) is 30.6 Å². The number of hydrogen-bond donors (Lipinski definition) is 2. The summed E-state index contributed by atoms with van der Waals surface area (Å²) < 4.78 is 5.07. The number of nitrogens with one attached hydrogen (secondary N) is 2. The molecule has 1 amide bonds. The van der Waals surface area contributed by atoms with E-state index in [0.29, 0.717) is 19.7 Å². The summed E-state index contributed by atoms with van der Waals surface area (Å²) in [5.41, 5.74) is 3.57. The van der Waals surface area contributed by atoms with Crippen molar-refractivity contribution in [3.05, 3.63) is 41.7 Å². The highest BCUT2D eigenvalue weighted by Crippen LogP contribution is 2.25. The van der Waals surface area contributed by atoms with Gasteiger partial charge in [0.05, 0.1) is 6.61 Å². The molecule has 7 nitrogen and oxygen atoms in total. The summed E-state index contributed by atoms with van der Waals surface area (Å²) in [7, 11) is 0. The molecule has 0 saturated carbocycles. The van der Waals surface area contributed by atoms with E-state index in [9.17, 15) is 4.79 Å². The zero-order valence-electron chi connectivity index (χ0n) is 16.9. The van der Waals surface area contributed by atoms with E-state index in [2.05, 4.69) is 52.6 Å². The van der Waals surface area contributed by atoms with Crippen LogP contribution < -0.4 is 10.6 Å². The summed E-state index contributed by atoms with van der Waals surface area (Å²) in [4.78, 5) is 22.3. The maximum atomic E-state index is 11.8. The number of aryl methyl sites for hydroxylation is 2. The maximum absolute atomic E-state index is 11.8. The van der Waals surface area contributed by atoms with Crippen LogP contribution >= 0.6 is 0 Å². The number of para-hydroxylation sites is 1. The van der Waals surface area contributed by atoms with Crippen molar-refractivity contribution in [1.82, 2.24) is 14.9 Å². The van der Waals surface area contributed by atoms with E-state index >= 15 is 0 Å². The molecule has 0 bridgehead atoms. The van der Waals surface area contributed by atoms with Crippen molar-refractivity contribution in [2.75, 3.05) is 30.3 Å². The van der Waals surface area contributed by atoms with Crippen molar-refractivity contribution < 1.29 is 9.53 Å². The van der Waals surface area contributed by atoms with Crippen molar-refractivity contribution in [2.45, 2.75) is 46.1 Å². The number of amides is 1. The van der Waals surface area contributed by atoms with Crippen molar-refractivity contribution in [3.8, 4) is 0 Å². The molecule has 1 fully saturated rings. The van der Waals surface area contributed by atoms with E-state index in [-0.39, 0.29) is 12.1 Å². The summed E-state index contributed by atoms with van der Waals surface area (Å²) in [6.07, 6.45) is 4.04. The fourth-order valence-electron chi connectivity index (χ4n) is 3.46. The average molecular weight is 383 g/mol. The minimum atomic E-state index is -0.223. The first-order valence-electron chi connectivity index (χ1n) is 9.96. The lowest BCUT2D eigenvalue weighted by molar-refractivity contribution is 0.0983. The Bertz CT molecular complexity index is 803. The van der Waals surface area contributed by atoms with E-state index < -0.39 is 0 Å². The van der Waals surface area contributed by atoms with Gasteiger partial charge in [-0.3, -0.25) is 0 Å². The average Bonchev–Trinajstić information content (AvgIpc) is 2.70. The van der Waals surface area contributed by atoms with Gasteiger partial charge >= 0.3 is 6.09 Å². The van der Waals surface area contributed by atoms with Gasteiger partial charge in [0.1, 0.15) is 18.0 Å². The van der Waals surface area contributed by atoms with Crippen molar-refractivity contribution in [2.24, 2.45) is 0 Å². The molecule has 2 N–H and O–H groups in total. The van der Waals surface area contributed by atoms with Crippen LogP contribution in [0.25, 0.3) is 0 Å². The summed E-state index contributed by atoms with van der Waals surface area (Å²) in [5.74, 6) is 1.56. The molecule has 1 saturated heterocycles. The second kappa shape index (κ2) is 9.39. The summed E-state index contributed by atoms with van der Waals surface area (Å²) in [6, 6.07) is 8.52. The Morgan fingerprint density at radius 1 is 1.21 bits per heavy atom. The molecule has 1 aliphatic heterocycles. The lowest BCUT2D eigenvalue weighted by atomic mass is 10.1. The minimum absolute atomic E-state index is 0.223. The molecule has 1 aromatic carbocycles. The van der Waals surface area contributed by atoms with Crippen molar-refractivity contribution >= 4 is 23.4 Å². The number of ether oxygens (including phenoxy) is 1. The summed E-state index contributed by atoms with van der Waals surface area (Å²) in [6.45, 7) is 7.86. The molecule has 1 aromatic heterocycles. The van der Waals surface area contributed by atoms with Crippen LogP contribution in [0.4, 0.5) is 22.1 Å². The van der Waals surface area contributed by atoms with Gasteiger partial charge in [-0.2, -0.15) is 0 Å². The first kappa shape index (κ1) is 19.9. The first-order chi connectivity index (χ1) is 13.6. The van der Waals surface area contributed by atoms with Crippen LogP contribution in [0.2, 0.25) is 0 Å². The van der Waals surface area contributed by atoms with Gasteiger partial charge in [-0.05, 0) is 44.2 Å². The molecule has 3 rings (SSSR count). The minimum Gasteiger partial charge on any atom is -0.450 e. The molecule has 2 heterocycles. The highest BCUT2D eigenvalue weighted by atomic mass is 16.6. The standard InChI is InChI=1S/C21H29N5O2/c1-4-16-8-6-7-15(3)20(16)25-19-13-18(22-14-23-19)24-17-9-11-26(12-10-17)21(27)28-5-2/h6-8,13-14,17H,4-5,9-12H2,1-3H3,(H2,22,23,24,25). The number of benzene rings is 1. The van der Waals surface area contributed by atoms with Crippen LogP contribution in [-0.4, -0.2) is 46.7 Å². The number of carbonyl (C=O) groups excluding carboxylic acids is 1. The lowest BCUT2D eigenvalue weighted by Gasteiger charge is -2.31. The molecule has 0 radical (unpaired) electrons. The van der Waals surface area contributed by atoms with Gasteiger partial charge in [-0.15, -0.1) is 0 Å². The molecule has 0 spiro atoms. The Kier molecular flexibility index (Phi) is 6.68. The summed E-state index contributed by atoms with van der Waals surface area (Å²) >= 11 is 0. The highest BCUT2D eigenvalue weighted by Gasteiger charge is 2.23. The highest BCUT2D eigenvalue weighted by molar-refractivity contribution is 5.68. The second-order valence-corrected chi connectivity index (χ2v) is 6.98. The smallest absolute Gasteiger partial charge is 0.409 e. The zero-order chi connectivity index (χ0) is 19.9. The molecule has 1 aliphatic rings. The Morgan fingerprint density at radius 2 is 1.96 bits per heavy atom. The van der Waals surface area contributed by atoms with Gasteiger partial charge in [0, 0.05) is 30.9 Å². The van der Waals surface area contributed by atoms with Crippen LogP contribution in [0.5, 0.6) is 0 Å². The molecule has 7 heteroatoms. The monoisotopic (exact) mass is 383 g/mol. The first-order valence-corrected chi connectivity index (χ1v) is 9.96. The number of likely N-dealkylation sites (tertiary alicyclic amines) is 1. The quantitative estimate of drug-likeness (QED) is 0.781. The molecule has 2 aromatic rings. The Hall–Kier alpha value is -2.83. The third kappa shape index (κ3) is 4.91. The topological polar surface area (TPSA) is 79.4 Å². The largest absolute Gasteiger partial charge is 0.450 e. The van der Waals surface area contributed by atoms with Gasteiger partial charge in [0.15, 0.2) is 0 Å². The molecule has 150 valence electrons. The van der Waals surface area contributed by atoms with Crippen LogP contribution in [0, 0.1) is 6.92 Å². The third-order valence-electron chi connectivity index (χ3n) is 5.03. The third-order valence-corrected chi connectivity index (χ3v) is 5.03. The molecular formula is C21H29N5O2. The van der Waals surface area contributed by atoms with Gasteiger partial charge < -0.3 is 20.3 Å². The zero-order valence-corrected chi connectivity index (χ0v) is 16.9. The van der Waals surface area contributed by atoms with Gasteiger partial charge in [0.2, 0.25) is 0 Å². The van der Waals surface area contributed by atoms with Crippen LogP contribution in [0.1, 0.15) is 37.8 Å². The molecule has 0 unspecified atom stereocenters. The lowest BCUT2D eigenvalue weighted by Crippen LogP contribution is -2.42. The second-order valence-electron chi connectivity index (χ2n) is 6.98. The maximum Gasteiger partial charge on any atom is 0.409 e. The van der Waals surface area contributed by atoms with Crippen LogP contribution in [-0.2, 0) is 11.2 Å². The number of carbonyl (C=O) groups is 1. The van der Waals surface area contributed by atoms with Crippen molar-refractivity contribution in [1.29, 1.82) is 0 Å². The Balaban J connectivity index is 1.61. The van der Waals surface area contributed by atoms with E-state index in [1.54, 1.807) is 11.2 Å². The number of aromatic nitrogens is 2. The van der Waals surface area contributed by atoms with Gasteiger partial charge in [-0.25, -0.2) is 14.8 Å². The normalized spacial score (nSPS) is 14.6. The van der Waals surface area contributed by atoms with Crippen molar-refractivity contribution in [3.63, 3.8) is 0 Å². The number of piperidine rings is 1. The number of hydrogen-bond acceptors (Lipinski definition) is 6. The molecule has 28 heavy (non-hydrogen) atoms. The van der Waals surface area contributed by atoms with E-state index in [1.165, 1.54) is 11.1 Å². The molecular weight excluding hydrogens is 354 g/mol. The SMILES string of the molecule is CCOC(=O)N1CCC(Nc2cc(Nc3c(C)cccc3CC)ncn2)CC1. The number of nitrogens with zero attached hydrogens (tertiary/aromatic N) is 3. The predicted octanol–water partition coefficient (Wildman–Crippen LogP) is 4.12. The summed E-state index contributed by atoms with van der Waals surface area (Å²) in [5, 5.41) is 6.92. The van der Waals surface area contributed by atoms with Gasteiger partial charge in [0.25, 0.3) is 0 Å². The fourth-order valence-corrected chi connectivity index (χ4v) is 3.46. The number of anilines is 3. The van der Waals surface area contributed by atoms with Crippen LogP contribution in [0.3, 0.4) is 0 Å². The van der Waals surface area contributed by atoms with Gasteiger partial charge in [-0.1, -0.05) is 25.1 Å². The van der Waals surface area contributed by atoms with E-state index in [0.717, 1.165) is 36.6 Å². The molecule has 0 atom stereocenters. The Labute approximate surface area is 166 Å². The van der Waals surface area contributed by atoms with E-state index in [4.69, 9.17) is 4.74 Å². The fraction of sp³-hybridized carbons (Fsp3) is 0.476.